The van der Waals surface area contributed by atoms with Gasteiger partial charge in [0, 0.05) is 6.20 Å². The molecule has 1 aromatic heterocycles. The SMILES string of the molecule is COc1ccc(C=C(C#N)C(=O)OC(C)C(=O)Nc2ncc(Cl)cc2Cl)cc1. The fourth-order valence-corrected chi connectivity index (χ4v) is 2.43. The number of ether oxygens (including phenoxy) is 2. The molecule has 0 aliphatic heterocycles. The molecule has 1 aromatic carbocycles. The van der Waals surface area contributed by atoms with Crippen molar-refractivity contribution in [3.8, 4) is 11.8 Å². The summed E-state index contributed by atoms with van der Waals surface area (Å²) in [5.41, 5.74) is 0.344. The number of hydrogen-bond acceptors (Lipinski definition) is 6. The summed E-state index contributed by atoms with van der Waals surface area (Å²) in [6, 6.07) is 9.89. The van der Waals surface area contributed by atoms with E-state index in [1.54, 1.807) is 30.3 Å². The highest BCUT2D eigenvalue weighted by atomic mass is 35.5. The van der Waals surface area contributed by atoms with Crippen molar-refractivity contribution in [2.45, 2.75) is 13.0 Å². The number of anilines is 1. The first-order valence-corrected chi connectivity index (χ1v) is 8.68. The Balaban J connectivity index is 2.05. The van der Waals surface area contributed by atoms with Gasteiger partial charge in [0.15, 0.2) is 11.9 Å². The first-order chi connectivity index (χ1) is 13.3. The van der Waals surface area contributed by atoms with Crippen LogP contribution in [0.3, 0.4) is 0 Å². The van der Waals surface area contributed by atoms with Gasteiger partial charge in [0.05, 0.1) is 17.2 Å². The molecule has 1 amide bonds. The Hall–Kier alpha value is -3.08. The fraction of sp³-hybridized carbons (Fsp3) is 0.158. The lowest BCUT2D eigenvalue weighted by Gasteiger charge is -2.13. The number of carbonyl (C=O) groups excluding carboxylic acids is 2. The number of aromatic nitrogens is 1. The van der Waals surface area contributed by atoms with Crippen LogP contribution < -0.4 is 10.1 Å². The number of carbonyl (C=O) groups is 2. The van der Waals surface area contributed by atoms with E-state index in [1.807, 2.05) is 0 Å². The van der Waals surface area contributed by atoms with Gasteiger partial charge in [0.25, 0.3) is 5.91 Å². The van der Waals surface area contributed by atoms with Gasteiger partial charge in [-0.25, -0.2) is 9.78 Å². The van der Waals surface area contributed by atoms with Gasteiger partial charge in [-0.1, -0.05) is 35.3 Å². The molecule has 1 unspecified atom stereocenters. The van der Waals surface area contributed by atoms with Crippen LogP contribution in [0.5, 0.6) is 5.75 Å². The molecule has 0 aliphatic carbocycles. The summed E-state index contributed by atoms with van der Waals surface area (Å²) in [6.07, 6.45) is 1.48. The van der Waals surface area contributed by atoms with E-state index in [-0.39, 0.29) is 16.4 Å². The Morgan fingerprint density at radius 2 is 1.96 bits per heavy atom. The van der Waals surface area contributed by atoms with E-state index in [4.69, 9.17) is 32.7 Å². The lowest BCUT2D eigenvalue weighted by Crippen LogP contribution is -2.30. The number of nitriles is 1. The number of nitrogens with zero attached hydrogens (tertiary/aromatic N) is 2. The number of amides is 1. The zero-order valence-corrected chi connectivity index (χ0v) is 16.4. The summed E-state index contributed by atoms with van der Waals surface area (Å²) in [5, 5.41) is 12.1. The minimum absolute atomic E-state index is 0.0771. The number of benzene rings is 1. The smallest absolute Gasteiger partial charge is 0.349 e. The summed E-state index contributed by atoms with van der Waals surface area (Å²) in [7, 11) is 1.53. The molecule has 1 atom stereocenters. The van der Waals surface area contributed by atoms with E-state index >= 15 is 0 Å². The van der Waals surface area contributed by atoms with Crippen LogP contribution in [0.1, 0.15) is 12.5 Å². The molecular formula is C19H15Cl2N3O4. The Morgan fingerprint density at radius 1 is 1.29 bits per heavy atom. The maximum Gasteiger partial charge on any atom is 0.349 e. The average Bonchev–Trinajstić information content (AvgIpc) is 2.68. The van der Waals surface area contributed by atoms with E-state index in [1.165, 1.54) is 32.4 Å². The quantitative estimate of drug-likeness (QED) is 0.433. The predicted octanol–water partition coefficient (Wildman–Crippen LogP) is 3.87. The maximum atomic E-state index is 12.2. The first-order valence-electron chi connectivity index (χ1n) is 7.92. The van der Waals surface area contributed by atoms with Gasteiger partial charge in [0.2, 0.25) is 0 Å². The van der Waals surface area contributed by atoms with Crippen LogP contribution >= 0.6 is 23.2 Å². The third-order valence-corrected chi connectivity index (χ3v) is 3.96. The topological polar surface area (TPSA) is 101 Å². The zero-order chi connectivity index (χ0) is 20.7. The van der Waals surface area contributed by atoms with Gasteiger partial charge in [-0.15, -0.1) is 0 Å². The Bertz CT molecular complexity index is 953. The first kappa shape index (κ1) is 21.2. The average molecular weight is 420 g/mol. The monoisotopic (exact) mass is 419 g/mol. The third-order valence-electron chi connectivity index (χ3n) is 3.47. The molecule has 9 heteroatoms. The van der Waals surface area contributed by atoms with Crippen molar-refractivity contribution in [1.29, 1.82) is 5.26 Å². The van der Waals surface area contributed by atoms with E-state index in [0.29, 0.717) is 16.3 Å². The molecule has 0 bridgehead atoms. The maximum absolute atomic E-state index is 12.2. The van der Waals surface area contributed by atoms with Crippen LogP contribution in [0, 0.1) is 11.3 Å². The summed E-state index contributed by atoms with van der Waals surface area (Å²) < 4.78 is 10.1. The largest absolute Gasteiger partial charge is 0.497 e. The van der Waals surface area contributed by atoms with Crippen molar-refractivity contribution in [3.63, 3.8) is 0 Å². The number of esters is 1. The van der Waals surface area contributed by atoms with E-state index < -0.39 is 18.0 Å². The summed E-state index contributed by atoms with van der Waals surface area (Å²) in [4.78, 5) is 28.3. The second-order valence-corrected chi connectivity index (χ2v) is 6.31. The van der Waals surface area contributed by atoms with Gasteiger partial charge in [-0.3, -0.25) is 4.79 Å². The Labute approximate surface area is 171 Å². The van der Waals surface area contributed by atoms with Crippen LogP contribution in [-0.4, -0.2) is 30.1 Å². The highest BCUT2D eigenvalue weighted by molar-refractivity contribution is 6.36. The Morgan fingerprint density at radius 3 is 2.54 bits per heavy atom. The van der Waals surface area contributed by atoms with Gasteiger partial charge < -0.3 is 14.8 Å². The lowest BCUT2D eigenvalue weighted by atomic mass is 10.1. The molecule has 2 aromatic rings. The molecule has 0 aliphatic rings. The number of pyridine rings is 1. The number of rotatable bonds is 6. The van der Waals surface area contributed by atoms with Crippen molar-refractivity contribution in [2.75, 3.05) is 12.4 Å². The van der Waals surface area contributed by atoms with Gasteiger partial charge in [-0.2, -0.15) is 5.26 Å². The molecule has 1 heterocycles. The lowest BCUT2D eigenvalue weighted by molar-refractivity contribution is -0.148. The number of nitrogens with one attached hydrogen (secondary N) is 1. The molecule has 1 N–H and O–H groups in total. The molecule has 144 valence electrons. The molecule has 7 nitrogen and oxygen atoms in total. The fourth-order valence-electron chi connectivity index (χ4n) is 2.01. The van der Waals surface area contributed by atoms with Crippen LogP contribution in [0.4, 0.5) is 5.82 Å². The second kappa shape index (κ2) is 9.74. The summed E-state index contributed by atoms with van der Waals surface area (Å²) >= 11 is 11.7. The van der Waals surface area contributed by atoms with Crippen LogP contribution in [0.2, 0.25) is 10.0 Å². The number of methoxy groups -OCH3 is 1. The van der Waals surface area contributed by atoms with Crippen molar-refractivity contribution < 1.29 is 19.1 Å². The molecule has 28 heavy (non-hydrogen) atoms. The number of halogens is 2. The molecular weight excluding hydrogens is 405 g/mol. The highest BCUT2D eigenvalue weighted by Crippen LogP contribution is 2.22. The molecule has 2 rings (SSSR count). The van der Waals surface area contributed by atoms with E-state index in [9.17, 15) is 14.9 Å². The Kier molecular flexibility index (Phi) is 7.38. The second-order valence-electron chi connectivity index (χ2n) is 5.46. The van der Waals surface area contributed by atoms with Crippen LogP contribution in [-0.2, 0) is 14.3 Å². The zero-order valence-electron chi connectivity index (χ0n) is 14.9. The van der Waals surface area contributed by atoms with Crippen molar-refractivity contribution in [3.05, 3.63) is 57.7 Å². The summed E-state index contributed by atoms with van der Waals surface area (Å²) in [5.74, 6) is -0.880. The molecule has 0 spiro atoms. The van der Waals surface area contributed by atoms with Crippen molar-refractivity contribution in [1.82, 2.24) is 4.98 Å². The van der Waals surface area contributed by atoms with E-state index in [0.717, 1.165) is 0 Å². The molecule has 0 saturated heterocycles. The van der Waals surface area contributed by atoms with Crippen molar-refractivity contribution >= 4 is 47.0 Å². The normalized spacial score (nSPS) is 11.9. The standard InChI is InChI=1S/C19H15Cl2N3O4/c1-11(18(25)24-17-16(21)8-14(20)10-23-17)28-19(26)13(9-22)7-12-3-5-15(27-2)6-4-12/h3-8,10-11H,1-2H3,(H,23,24,25). The highest BCUT2D eigenvalue weighted by Gasteiger charge is 2.21. The number of hydrogen-bond donors (Lipinski definition) is 1. The third kappa shape index (κ3) is 5.71. The van der Waals surface area contributed by atoms with Gasteiger partial charge in [-0.05, 0) is 36.8 Å². The minimum atomic E-state index is -1.19. The van der Waals surface area contributed by atoms with Gasteiger partial charge in [0.1, 0.15) is 17.4 Å². The molecule has 0 saturated carbocycles. The van der Waals surface area contributed by atoms with Gasteiger partial charge >= 0.3 is 5.97 Å². The minimum Gasteiger partial charge on any atom is -0.497 e. The van der Waals surface area contributed by atoms with E-state index in [2.05, 4.69) is 10.3 Å². The van der Waals surface area contributed by atoms with Crippen LogP contribution in [0.25, 0.3) is 6.08 Å². The molecule has 0 fully saturated rings. The summed E-state index contributed by atoms with van der Waals surface area (Å²) in [6.45, 7) is 1.36. The van der Waals surface area contributed by atoms with Crippen LogP contribution in [0.15, 0.2) is 42.1 Å². The van der Waals surface area contributed by atoms with Crippen molar-refractivity contribution in [2.24, 2.45) is 0 Å². The predicted molar refractivity (Wildman–Crippen MR) is 105 cm³/mol. The molecule has 0 radical (unpaired) electrons.